The van der Waals surface area contributed by atoms with Crippen molar-refractivity contribution in [2.75, 3.05) is 5.75 Å². The molecular formula is C10H11F10NO3S. The molecule has 2 N–H and O–H groups in total. The van der Waals surface area contributed by atoms with Crippen LogP contribution in [0.5, 0.6) is 0 Å². The molecule has 25 heavy (non-hydrogen) atoms. The van der Waals surface area contributed by atoms with E-state index in [2.05, 4.69) is 5.73 Å². The summed E-state index contributed by atoms with van der Waals surface area (Å²) < 4.78 is 146. The van der Waals surface area contributed by atoms with Crippen LogP contribution in [-0.2, 0) is 14.6 Å². The molecule has 4 nitrogen and oxygen atoms in total. The number of carbonyl (C=O) groups is 1. The smallest absolute Gasteiger partial charge is 0.369 e. The van der Waals surface area contributed by atoms with E-state index in [0.29, 0.717) is 0 Å². The fourth-order valence-electron chi connectivity index (χ4n) is 1.51. The van der Waals surface area contributed by atoms with Crippen LogP contribution in [0.1, 0.15) is 19.3 Å². The lowest BCUT2D eigenvalue weighted by Crippen LogP contribution is -2.43. The number of hydrogen-bond donors (Lipinski definition) is 1. The summed E-state index contributed by atoms with van der Waals surface area (Å²) in [7, 11) is -5.24. The molecule has 0 saturated heterocycles. The monoisotopic (exact) mass is 415 g/mol. The van der Waals surface area contributed by atoms with Crippen molar-refractivity contribution in [3.05, 3.63) is 0 Å². The third-order valence-electron chi connectivity index (χ3n) is 3.00. The Bertz CT molecular complexity index is 581. The van der Waals surface area contributed by atoms with Crippen LogP contribution < -0.4 is 5.73 Å². The number of primary amides is 1. The van der Waals surface area contributed by atoms with Crippen LogP contribution in [0.25, 0.3) is 0 Å². The van der Waals surface area contributed by atoms with E-state index in [4.69, 9.17) is 0 Å². The van der Waals surface area contributed by atoms with E-state index in [1.807, 2.05) is 0 Å². The minimum Gasteiger partial charge on any atom is -0.369 e. The molecule has 0 radical (unpaired) electrons. The van der Waals surface area contributed by atoms with Crippen molar-refractivity contribution in [2.24, 2.45) is 5.73 Å². The minimum atomic E-state index is -6.12. The van der Waals surface area contributed by atoms with Crippen molar-refractivity contribution < 1.29 is 57.1 Å². The van der Waals surface area contributed by atoms with Crippen LogP contribution in [0, 0.1) is 0 Å². The quantitative estimate of drug-likeness (QED) is 0.620. The lowest BCUT2D eigenvalue weighted by atomic mass is 10.1. The molecule has 1 atom stereocenters. The van der Waals surface area contributed by atoms with Gasteiger partial charge in [-0.3, -0.25) is 4.79 Å². The molecule has 0 aliphatic carbocycles. The Balaban J connectivity index is 5.25. The molecule has 0 aliphatic rings. The van der Waals surface area contributed by atoms with Crippen LogP contribution in [0.15, 0.2) is 0 Å². The molecule has 1 unspecified atom stereocenters. The lowest BCUT2D eigenvalue weighted by molar-refractivity contribution is -0.284. The Morgan fingerprint density at radius 2 is 1.16 bits per heavy atom. The van der Waals surface area contributed by atoms with Crippen LogP contribution in [0.2, 0.25) is 0 Å². The van der Waals surface area contributed by atoms with Crippen molar-refractivity contribution in [1.29, 1.82) is 0 Å². The van der Waals surface area contributed by atoms with Crippen molar-refractivity contribution in [3.8, 4) is 0 Å². The molecule has 0 bridgehead atoms. The summed E-state index contributed by atoms with van der Waals surface area (Å²) in [4.78, 5) is 10.9. The fourth-order valence-corrected chi connectivity index (χ4v) is 3.16. The van der Waals surface area contributed by atoms with Gasteiger partial charge in [0.1, 0.15) is 5.25 Å². The molecule has 0 aromatic carbocycles. The van der Waals surface area contributed by atoms with Gasteiger partial charge in [-0.05, 0) is 6.42 Å². The average molecular weight is 415 g/mol. The van der Waals surface area contributed by atoms with Gasteiger partial charge in [0.25, 0.3) is 0 Å². The van der Waals surface area contributed by atoms with Gasteiger partial charge in [0, 0.05) is 12.8 Å². The summed E-state index contributed by atoms with van der Waals surface area (Å²) in [5.74, 6) is -14.8. The summed E-state index contributed by atoms with van der Waals surface area (Å²) in [6.07, 6.45) is -18.5. The first-order chi connectivity index (χ1) is 10.7. The van der Waals surface area contributed by atoms with E-state index in [1.165, 1.54) is 0 Å². The summed E-state index contributed by atoms with van der Waals surface area (Å²) in [6, 6.07) is 0. The zero-order valence-corrected chi connectivity index (χ0v) is 12.7. The largest absolute Gasteiger partial charge is 0.453 e. The van der Waals surface area contributed by atoms with Crippen molar-refractivity contribution in [3.63, 3.8) is 0 Å². The first kappa shape index (κ1) is 23.7. The third kappa shape index (κ3) is 6.18. The second-order valence-electron chi connectivity index (χ2n) is 4.95. The van der Waals surface area contributed by atoms with Crippen LogP contribution in [0.3, 0.4) is 0 Å². The number of rotatable bonds is 8. The van der Waals surface area contributed by atoms with Gasteiger partial charge in [-0.15, -0.1) is 0 Å². The number of amides is 1. The van der Waals surface area contributed by atoms with Gasteiger partial charge in [-0.25, -0.2) is 8.42 Å². The maximum atomic E-state index is 12.7. The predicted octanol–water partition coefficient (Wildman–Crippen LogP) is 2.82. The standard InChI is InChI=1S/C10H11F10NO3S/c11-7(12,9(15,16)17)2-1-5(6(21)22)25(23,24)4-3-8(13,14)10(18,19)20/h5H,1-4H2,(H2,21,22). The Morgan fingerprint density at radius 1 is 0.800 bits per heavy atom. The van der Waals surface area contributed by atoms with E-state index in [0.717, 1.165) is 0 Å². The second kappa shape index (κ2) is 7.15. The predicted molar refractivity (Wildman–Crippen MR) is 62.6 cm³/mol. The maximum absolute atomic E-state index is 12.7. The highest BCUT2D eigenvalue weighted by Gasteiger charge is 2.59. The molecule has 0 aromatic rings. The third-order valence-corrected chi connectivity index (χ3v) is 5.11. The maximum Gasteiger partial charge on any atom is 0.453 e. The molecule has 150 valence electrons. The Kier molecular flexibility index (Phi) is 6.78. The Morgan fingerprint density at radius 3 is 1.48 bits per heavy atom. The molecule has 0 aromatic heterocycles. The molecule has 1 amide bonds. The second-order valence-corrected chi connectivity index (χ2v) is 7.25. The SMILES string of the molecule is NC(=O)C(CCC(F)(F)C(F)(F)F)S(=O)(=O)CCC(F)(F)C(F)(F)F. The van der Waals surface area contributed by atoms with Gasteiger partial charge in [0.05, 0.1) is 5.75 Å². The number of nitrogens with two attached hydrogens (primary N) is 1. The number of halogens is 10. The molecular weight excluding hydrogens is 404 g/mol. The Labute approximate surface area is 134 Å². The summed E-state index contributed by atoms with van der Waals surface area (Å²) in [5.41, 5.74) is 4.53. The molecule has 0 spiro atoms. The van der Waals surface area contributed by atoms with E-state index in [1.54, 1.807) is 0 Å². The number of hydrogen-bond acceptors (Lipinski definition) is 3. The lowest BCUT2D eigenvalue weighted by Gasteiger charge is -2.23. The highest BCUT2D eigenvalue weighted by molar-refractivity contribution is 7.92. The molecule has 0 fully saturated rings. The molecule has 0 aliphatic heterocycles. The van der Waals surface area contributed by atoms with Gasteiger partial charge in [0.15, 0.2) is 9.84 Å². The first-order valence-electron chi connectivity index (χ1n) is 6.14. The summed E-state index contributed by atoms with van der Waals surface area (Å²) >= 11 is 0. The van der Waals surface area contributed by atoms with Crippen molar-refractivity contribution in [1.82, 2.24) is 0 Å². The number of carbonyl (C=O) groups excluding carboxylic acids is 1. The van der Waals surface area contributed by atoms with Gasteiger partial charge in [-0.1, -0.05) is 0 Å². The molecule has 0 saturated carbocycles. The topological polar surface area (TPSA) is 77.2 Å². The highest BCUT2D eigenvalue weighted by atomic mass is 32.2. The fraction of sp³-hybridized carbons (Fsp3) is 0.900. The van der Waals surface area contributed by atoms with E-state index in [-0.39, 0.29) is 0 Å². The first-order valence-corrected chi connectivity index (χ1v) is 7.86. The molecule has 15 heteroatoms. The van der Waals surface area contributed by atoms with Gasteiger partial charge in [-0.2, -0.15) is 43.9 Å². The van der Waals surface area contributed by atoms with Crippen molar-refractivity contribution in [2.45, 2.75) is 48.7 Å². The zero-order valence-electron chi connectivity index (χ0n) is 11.9. The summed E-state index contributed by atoms with van der Waals surface area (Å²) in [5, 5.41) is -2.77. The number of sulfone groups is 1. The van der Waals surface area contributed by atoms with Gasteiger partial charge < -0.3 is 5.73 Å². The molecule has 0 rings (SSSR count). The van der Waals surface area contributed by atoms with Crippen LogP contribution >= 0.6 is 0 Å². The van der Waals surface area contributed by atoms with E-state index >= 15 is 0 Å². The average Bonchev–Trinajstić information content (AvgIpc) is 2.33. The molecule has 0 heterocycles. The van der Waals surface area contributed by atoms with Crippen molar-refractivity contribution >= 4 is 15.7 Å². The van der Waals surface area contributed by atoms with Gasteiger partial charge in [0.2, 0.25) is 5.91 Å². The van der Waals surface area contributed by atoms with E-state index < -0.39 is 70.2 Å². The van der Waals surface area contributed by atoms with Crippen LogP contribution in [0.4, 0.5) is 43.9 Å². The van der Waals surface area contributed by atoms with Gasteiger partial charge >= 0.3 is 24.2 Å². The minimum absolute atomic E-state index is 1.71. The van der Waals surface area contributed by atoms with E-state index in [9.17, 15) is 57.1 Å². The summed E-state index contributed by atoms with van der Waals surface area (Å²) in [6.45, 7) is 0. The normalized spacial score (nSPS) is 15.9. The highest BCUT2D eigenvalue weighted by Crippen LogP contribution is 2.40. The Hall–Kier alpha value is -1.28. The zero-order chi connectivity index (χ0) is 20.5. The number of alkyl halides is 10. The van der Waals surface area contributed by atoms with Crippen LogP contribution in [-0.4, -0.2) is 49.5 Å².